The molecule has 1 saturated heterocycles. The van der Waals surface area contributed by atoms with E-state index in [9.17, 15) is 0 Å². The van der Waals surface area contributed by atoms with Crippen molar-refractivity contribution in [3.8, 4) is 21.7 Å². The van der Waals surface area contributed by atoms with Gasteiger partial charge in [-0.2, -0.15) is 0 Å². The molecule has 0 radical (unpaired) electrons. The first-order chi connectivity index (χ1) is 16.5. The summed E-state index contributed by atoms with van der Waals surface area (Å²) in [7, 11) is 1.74. The van der Waals surface area contributed by atoms with Crippen LogP contribution in [0.2, 0.25) is 0 Å². The Balaban J connectivity index is 1.47. The van der Waals surface area contributed by atoms with Gasteiger partial charge in [-0.1, -0.05) is 26.0 Å². The van der Waals surface area contributed by atoms with E-state index >= 15 is 0 Å². The molecule has 3 aromatic heterocycles. The Labute approximate surface area is 205 Å². The van der Waals surface area contributed by atoms with Gasteiger partial charge in [-0.15, -0.1) is 11.3 Å². The number of piperazine rings is 1. The number of thiophene rings is 1. The molecule has 1 fully saturated rings. The largest absolute Gasteiger partial charge is 0.369 e. The highest BCUT2D eigenvalue weighted by Crippen LogP contribution is 2.43. The van der Waals surface area contributed by atoms with Crippen molar-refractivity contribution in [2.45, 2.75) is 26.7 Å². The fourth-order valence-electron chi connectivity index (χ4n) is 4.67. The van der Waals surface area contributed by atoms with Crippen LogP contribution in [0.25, 0.3) is 31.9 Å². The van der Waals surface area contributed by atoms with Crippen molar-refractivity contribution < 1.29 is 0 Å². The zero-order chi connectivity index (χ0) is 23.7. The minimum absolute atomic E-state index is 0.399. The maximum Gasteiger partial charge on any atom is 0.133 e. The quantitative estimate of drug-likeness (QED) is 0.242. The molecule has 0 aliphatic carbocycles. The molecule has 0 spiro atoms. The summed E-state index contributed by atoms with van der Waals surface area (Å²) in [4.78, 5) is 16.1. The summed E-state index contributed by atoms with van der Waals surface area (Å²) in [5.74, 6) is 1.23. The van der Waals surface area contributed by atoms with Crippen LogP contribution in [0.5, 0.6) is 0 Å². The number of aryl methyl sites for hydroxylation is 1. The Morgan fingerprint density at radius 3 is 2.56 bits per heavy atom. The molecule has 3 N–H and O–H groups in total. The normalized spacial score (nSPS) is 14.6. The predicted octanol–water partition coefficient (Wildman–Crippen LogP) is 5.87. The molecule has 176 valence electrons. The molecule has 0 saturated carbocycles. The summed E-state index contributed by atoms with van der Waals surface area (Å²) in [6.45, 7) is 10.9. The highest BCUT2D eigenvalue weighted by atomic mass is 32.1. The van der Waals surface area contributed by atoms with Crippen LogP contribution in [0.1, 0.15) is 30.9 Å². The Morgan fingerprint density at radius 1 is 1.12 bits per heavy atom. The van der Waals surface area contributed by atoms with Gasteiger partial charge in [0.25, 0.3) is 0 Å². The maximum atomic E-state index is 4.63. The number of anilines is 2. The third-order valence-corrected chi connectivity index (χ3v) is 7.63. The summed E-state index contributed by atoms with van der Waals surface area (Å²) in [5, 5.41) is 6.56. The van der Waals surface area contributed by atoms with Gasteiger partial charge in [0.05, 0.1) is 22.2 Å². The molecule has 0 atom stereocenters. The number of pyridine rings is 1. The summed E-state index contributed by atoms with van der Waals surface area (Å²) in [6, 6.07) is 13.5. The number of aliphatic imine (C=N–C) groups is 1. The Kier molecular flexibility index (Phi) is 6.39. The van der Waals surface area contributed by atoms with Gasteiger partial charge in [-0.3, -0.25) is 4.99 Å². The molecule has 6 nitrogen and oxygen atoms in total. The molecule has 7 heteroatoms. The van der Waals surface area contributed by atoms with Crippen LogP contribution in [0, 0.1) is 6.92 Å². The van der Waals surface area contributed by atoms with E-state index < -0.39 is 0 Å². The molecule has 34 heavy (non-hydrogen) atoms. The lowest BCUT2D eigenvalue weighted by Gasteiger charge is -2.29. The minimum Gasteiger partial charge on any atom is -0.369 e. The van der Waals surface area contributed by atoms with Crippen molar-refractivity contribution >= 4 is 39.4 Å². The molecule has 5 rings (SSSR count). The van der Waals surface area contributed by atoms with Gasteiger partial charge in [0.15, 0.2) is 0 Å². The first-order valence-corrected chi connectivity index (χ1v) is 12.7. The third-order valence-electron chi connectivity index (χ3n) is 6.41. The number of nitrogens with zero attached hydrogens (tertiary/aromatic N) is 3. The number of fused-ring (bicyclic) bond motifs is 1. The Bertz CT molecular complexity index is 1310. The monoisotopic (exact) mass is 472 g/mol. The van der Waals surface area contributed by atoms with Crippen molar-refractivity contribution in [3.63, 3.8) is 0 Å². The van der Waals surface area contributed by atoms with Crippen LogP contribution in [-0.2, 0) is 0 Å². The van der Waals surface area contributed by atoms with Gasteiger partial charge in [0, 0.05) is 55.6 Å². The summed E-state index contributed by atoms with van der Waals surface area (Å²) >= 11 is 1.88. The van der Waals surface area contributed by atoms with Crippen molar-refractivity contribution in [2.24, 2.45) is 4.99 Å². The second-order valence-corrected chi connectivity index (χ2v) is 10.2. The van der Waals surface area contributed by atoms with E-state index in [1.165, 1.54) is 37.6 Å². The van der Waals surface area contributed by atoms with Crippen LogP contribution >= 0.6 is 11.3 Å². The first kappa shape index (κ1) is 22.6. The van der Waals surface area contributed by atoms with Crippen molar-refractivity contribution in [1.82, 2.24) is 15.3 Å². The standard InChI is InChI=1S/C27H32N6S/c1-17(2)24-25(20-13-18(3)27(30-15-20)31-16-28-4)32-22-14-23(34-26(22)24)19-5-7-21(8-6-19)33-11-9-29-10-12-33/h5-8,13-17,29,32H,9-12H2,1-4H3,(H,28,30,31). The lowest BCUT2D eigenvalue weighted by Crippen LogP contribution is -2.43. The number of aromatic amines is 1. The average Bonchev–Trinajstić information content (AvgIpc) is 3.42. The third kappa shape index (κ3) is 4.33. The first-order valence-electron chi connectivity index (χ1n) is 11.9. The number of benzene rings is 1. The smallest absolute Gasteiger partial charge is 0.133 e. The number of H-pyrrole nitrogens is 1. The van der Waals surface area contributed by atoms with Gasteiger partial charge < -0.3 is 20.5 Å². The number of hydrogen-bond donors (Lipinski definition) is 3. The van der Waals surface area contributed by atoms with Gasteiger partial charge in [0.2, 0.25) is 0 Å². The SMILES string of the molecule is CN=CNc1ncc(-c2[nH]c3cc(-c4ccc(N5CCNCC5)cc4)sc3c2C(C)C)cc1C. The van der Waals surface area contributed by atoms with Gasteiger partial charge in [-0.25, -0.2) is 4.98 Å². The maximum absolute atomic E-state index is 4.63. The van der Waals surface area contributed by atoms with E-state index in [1.54, 1.807) is 13.4 Å². The van der Waals surface area contributed by atoms with Crippen molar-refractivity contribution in [1.29, 1.82) is 0 Å². The molecule has 1 aliphatic heterocycles. The van der Waals surface area contributed by atoms with E-state index in [0.717, 1.165) is 43.1 Å². The van der Waals surface area contributed by atoms with Gasteiger partial charge in [0.1, 0.15) is 5.82 Å². The predicted molar refractivity (Wildman–Crippen MR) is 147 cm³/mol. The van der Waals surface area contributed by atoms with E-state index in [0.29, 0.717) is 5.92 Å². The highest BCUT2D eigenvalue weighted by Gasteiger charge is 2.20. The van der Waals surface area contributed by atoms with E-state index in [-0.39, 0.29) is 0 Å². The van der Waals surface area contributed by atoms with Crippen molar-refractivity contribution in [2.75, 3.05) is 43.4 Å². The van der Waals surface area contributed by atoms with E-state index in [1.807, 2.05) is 17.5 Å². The molecule has 0 amide bonds. The Hall–Kier alpha value is -3.16. The van der Waals surface area contributed by atoms with Gasteiger partial charge in [-0.05, 0) is 53.8 Å². The highest BCUT2D eigenvalue weighted by molar-refractivity contribution is 7.22. The number of rotatable bonds is 6. The second-order valence-electron chi connectivity index (χ2n) is 9.13. The lowest BCUT2D eigenvalue weighted by molar-refractivity contribution is 0.589. The zero-order valence-electron chi connectivity index (χ0n) is 20.3. The van der Waals surface area contributed by atoms with Crippen LogP contribution < -0.4 is 15.5 Å². The minimum atomic E-state index is 0.399. The van der Waals surface area contributed by atoms with E-state index in [2.05, 4.69) is 87.7 Å². The molecule has 4 aromatic rings. The van der Waals surface area contributed by atoms with Crippen molar-refractivity contribution in [3.05, 3.63) is 53.7 Å². The van der Waals surface area contributed by atoms with E-state index in [4.69, 9.17) is 0 Å². The molecule has 0 unspecified atom stereocenters. The fraction of sp³-hybridized carbons (Fsp3) is 0.333. The summed E-state index contributed by atoms with van der Waals surface area (Å²) in [5.41, 5.74) is 8.52. The zero-order valence-corrected chi connectivity index (χ0v) is 21.1. The molecular formula is C27H32N6S. The van der Waals surface area contributed by atoms with Crippen LogP contribution in [0.3, 0.4) is 0 Å². The second kappa shape index (κ2) is 9.60. The topological polar surface area (TPSA) is 68.3 Å². The molecule has 4 heterocycles. The lowest BCUT2D eigenvalue weighted by atomic mass is 9.99. The molecular weight excluding hydrogens is 440 g/mol. The van der Waals surface area contributed by atoms with Crippen LogP contribution in [0.4, 0.5) is 11.5 Å². The number of hydrogen-bond acceptors (Lipinski definition) is 5. The number of aromatic nitrogens is 2. The number of nitrogens with one attached hydrogen (secondary N) is 3. The van der Waals surface area contributed by atoms with Gasteiger partial charge >= 0.3 is 0 Å². The molecule has 1 aliphatic rings. The average molecular weight is 473 g/mol. The summed E-state index contributed by atoms with van der Waals surface area (Å²) < 4.78 is 1.34. The van der Waals surface area contributed by atoms with Crippen LogP contribution in [0.15, 0.2) is 47.6 Å². The molecule has 0 bridgehead atoms. The summed E-state index contributed by atoms with van der Waals surface area (Å²) in [6.07, 6.45) is 3.60. The fourth-order valence-corrected chi connectivity index (χ4v) is 5.99. The van der Waals surface area contributed by atoms with Crippen LogP contribution in [-0.4, -0.2) is 49.5 Å². The molecule has 1 aromatic carbocycles. The Morgan fingerprint density at radius 2 is 1.88 bits per heavy atom.